The van der Waals surface area contributed by atoms with Crippen molar-refractivity contribution in [3.8, 4) is 0 Å². The second-order valence-electron chi connectivity index (χ2n) is 4.05. The number of rotatable bonds is 4. The summed E-state index contributed by atoms with van der Waals surface area (Å²) in [6, 6.07) is 1.88. The van der Waals surface area contributed by atoms with Crippen LogP contribution in [0.5, 0.6) is 0 Å². The fraction of sp³-hybridized carbons (Fsp3) is 0.308. The Balaban J connectivity index is 2.48. The van der Waals surface area contributed by atoms with E-state index in [-0.39, 0.29) is 6.04 Å². The van der Waals surface area contributed by atoms with Crippen LogP contribution in [-0.2, 0) is 0 Å². The summed E-state index contributed by atoms with van der Waals surface area (Å²) in [5.74, 6) is 0.534. The van der Waals surface area contributed by atoms with E-state index in [1.54, 1.807) is 24.8 Å². The van der Waals surface area contributed by atoms with Crippen molar-refractivity contribution in [2.75, 3.05) is 12.3 Å². The minimum atomic E-state index is -0.0719. The average molecular weight is 243 g/mol. The van der Waals surface area contributed by atoms with E-state index in [0.29, 0.717) is 5.82 Å². The summed E-state index contributed by atoms with van der Waals surface area (Å²) in [6.45, 7) is 4.88. The molecule has 0 radical (unpaired) electrons. The van der Waals surface area contributed by atoms with E-state index in [0.717, 1.165) is 23.4 Å². The van der Waals surface area contributed by atoms with Crippen molar-refractivity contribution in [2.45, 2.75) is 19.9 Å². The topological polar surface area (TPSA) is 76.7 Å². The highest BCUT2D eigenvalue weighted by Crippen LogP contribution is 2.26. The number of aromatic nitrogens is 3. The lowest BCUT2D eigenvalue weighted by Gasteiger charge is -2.20. The van der Waals surface area contributed by atoms with E-state index in [4.69, 9.17) is 5.73 Å². The molecule has 18 heavy (non-hydrogen) atoms. The molecule has 0 spiro atoms. The summed E-state index contributed by atoms with van der Waals surface area (Å²) in [6.07, 6.45) is 6.81. The van der Waals surface area contributed by atoms with E-state index in [9.17, 15) is 0 Å². The van der Waals surface area contributed by atoms with E-state index in [1.165, 1.54) is 0 Å². The van der Waals surface area contributed by atoms with Crippen LogP contribution in [0.1, 0.15) is 29.8 Å². The normalized spacial score (nSPS) is 12.3. The lowest BCUT2D eigenvalue weighted by atomic mass is 10.00. The van der Waals surface area contributed by atoms with Gasteiger partial charge in [0.1, 0.15) is 5.82 Å². The van der Waals surface area contributed by atoms with Gasteiger partial charge in [0.2, 0.25) is 0 Å². The molecule has 0 aliphatic rings. The fourth-order valence-electron chi connectivity index (χ4n) is 1.98. The smallest absolute Gasteiger partial charge is 0.128 e. The third-order valence-corrected chi connectivity index (χ3v) is 2.81. The van der Waals surface area contributed by atoms with Crippen LogP contribution in [0.15, 0.2) is 30.9 Å². The van der Waals surface area contributed by atoms with Crippen molar-refractivity contribution < 1.29 is 0 Å². The second kappa shape index (κ2) is 5.55. The molecule has 0 saturated heterocycles. The molecule has 2 rings (SSSR count). The zero-order chi connectivity index (χ0) is 13.0. The molecule has 3 N–H and O–H groups in total. The van der Waals surface area contributed by atoms with Crippen LogP contribution in [0.2, 0.25) is 0 Å². The number of nitrogens with one attached hydrogen (secondary N) is 1. The van der Waals surface area contributed by atoms with Gasteiger partial charge in [-0.3, -0.25) is 9.97 Å². The van der Waals surface area contributed by atoms with Gasteiger partial charge in [-0.2, -0.15) is 0 Å². The first-order valence-corrected chi connectivity index (χ1v) is 5.94. The van der Waals surface area contributed by atoms with E-state index in [1.807, 2.05) is 19.9 Å². The molecule has 5 heteroatoms. The van der Waals surface area contributed by atoms with Gasteiger partial charge in [-0.15, -0.1) is 0 Å². The van der Waals surface area contributed by atoms with Crippen LogP contribution in [0.25, 0.3) is 0 Å². The molecule has 0 bridgehead atoms. The number of hydrogen-bond donors (Lipinski definition) is 2. The van der Waals surface area contributed by atoms with E-state index < -0.39 is 0 Å². The van der Waals surface area contributed by atoms with Gasteiger partial charge in [0.05, 0.1) is 17.9 Å². The minimum absolute atomic E-state index is 0.0719. The average Bonchev–Trinajstić information content (AvgIpc) is 2.38. The molecule has 1 unspecified atom stereocenters. The highest BCUT2D eigenvalue weighted by molar-refractivity contribution is 5.48. The number of hydrogen-bond acceptors (Lipinski definition) is 5. The van der Waals surface area contributed by atoms with Crippen molar-refractivity contribution in [3.63, 3.8) is 0 Å². The number of aryl methyl sites for hydroxylation is 1. The number of anilines is 1. The molecule has 0 aromatic carbocycles. The van der Waals surface area contributed by atoms with Crippen LogP contribution >= 0.6 is 0 Å². The molecule has 0 aliphatic carbocycles. The first-order valence-electron chi connectivity index (χ1n) is 5.94. The third-order valence-electron chi connectivity index (χ3n) is 2.81. The first kappa shape index (κ1) is 12.4. The molecule has 2 heterocycles. The Morgan fingerprint density at radius 2 is 2.11 bits per heavy atom. The van der Waals surface area contributed by atoms with Crippen LogP contribution in [0.3, 0.4) is 0 Å². The monoisotopic (exact) mass is 243 g/mol. The molecule has 0 saturated carbocycles. The molecule has 5 nitrogen and oxygen atoms in total. The van der Waals surface area contributed by atoms with Crippen LogP contribution < -0.4 is 11.1 Å². The zero-order valence-electron chi connectivity index (χ0n) is 10.6. The molecule has 2 aromatic rings. The largest absolute Gasteiger partial charge is 0.383 e. The van der Waals surface area contributed by atoms with Crippen LogP contribution in [0, 0.1) is 6.92 Å². The van der Waals surface area contributed by atoms with Gasteiger partial charge in [-0.25, -0.2) is 4.98 Å². The standard InChI is InChI=1S/C13H17N5/c1-3-16-12(10-8-15-6-7-17-10)11-9(2)4-5-18-13(11)14/h4-8,12,16H,3H2,1-2H3,(H2,14,18). The van der Waals surface area contributed by atoms with E-state index in [2.05, 4.69) is 20.3 Å². The predicted molar refractivity (Wildman–Crippen MR) is 70.9 cm³/mol. The molecule has 94 valence electrons. The Morgan fingerprint density at radius 3 is 2.72 bits per heavy atom. The SMILES string of the molecule is CCNC(c1cnccn1)c1c(C)ccnc1N. The Bertz CT molecular complexity index is 492. The van der Waals surface area contributed by atoms with Gasteiger partial charge < -0.3 is 11.1 Å². The zero-order valence-corrected chi connectivity index (χ0v) is 10.6. The lowest BCUT2D eigenvalue weighted by Crippen LogP contribution is -2.25. The van der Waals surface area contributed by atoms with E-state index >= 15 is 0 Å². The van der Waals surface area contributed by atoms with Crippen molar-refractivity contribution in [1.82, 2.24) is 20.3 Å². The summed E-state index contributed by atoms with van der Waals surface area (Å²) in [5, 5.41) is 3.37. The van der Waals surface area contributed by atoms with Crippen LogP contribution in [0.4, 0.5) is 5.82 Å². The van der Waals surface area contributed by atoms with Crippen LogP contribution in [-0.4, -0.2) is 21.5 Å². The quantitative estimate of drug-likeness (QED) is 0.850. The molecule has 0 aliphatic heterocycles. The van der Waals surface area contributed by atoms with Crippen molar-refractivity contribution in [2.24, 2.45) is 0 Å². The number of pyridine rings is 1. The maximum Gasteiger partial charge on any atom is 0.128 e. The number of nitrogens with zero attached hydrogens (tertiary/aromatic N) is 3. The molecular formula is C13H17N5. The van der Waals surface area contributed by atoms with Crippen molar-refractivity contribution in [1.29, 1.82) is 0 Å². The third kappa shape index (κ3) is 2.46. The summed E-state index contributed by atoms with van der Waals surface area (Å²) in [4.78, 5) is 12.6. The van der Waals surface area contributed by atoms with Gasteiger partial charge in [0.25, 0.3) is 0 Å². The Hall–Kier alpha value is -2.01. The predicted octanol–water partition coefficient (Wildman–Crippen LogP) is 1.46. The molecule has 2 aromatic heterocycles. The lowest BCUT2D eigenvalue weighted by molar-refractivity contribution is 0.610. The highest BCUT2D eigenvalue weighted by atomic mass is 15.0. The fourth-order valence-corrected chi connectivity index (χ4v) is 1.98. The summed E-state index contributed by atoms with van der Waals surface area (Å²) >= 11 is 0. The summed E-state index contributed by atoms with van der Waals surface area (Å²) in [5.41, 5.74) is 8.91. The molecular weight excluding hydrogens is 226 g/mol. The summed E-state index contributed by atoms with van der Waals surface area (Å²) in [7, 11) is 0. The highest BCUT2D eigenvalue weighted by Gasteiger charge is 2.19. The van der Waals surface area contributed by atoms with Gasteiger partial charge in [-0.1, -0.05) is 6.92 Å². The van der Waals surface area contributed by atoms with Gasteiger partial charge >= 0.3 is 0 Å². The Morgan fingerprint density at radius 1 is 1.28 bits per heavy atom. The Labute approximate surface area is 106 Å². The molecule has 0 amide bonds. The second-order valence-corrected chi connectivity index (χ2v) is 4.05. The maximum absolute atomic E-state index is 5.99. The minimum Gasteiger partial charge on any atom is -0.383 e. The van der Waals surface area contributed by atoms with Crippen molar-refractivity contribution in [3.05, 3.63) is 47.7 Å². The number of nitrogen functional groups attached to an aromatic ring is 1. The molecule has 1 atom stereocenters. The Kier molecular flexibility index (Phi) is 3.84. The first-order chi connectivity index (χ1) is 8.74. The summed E-state index contributed by atoms with van der Waals surface area (Å²) < 4.78 is 0. The van der Waals surface area contributed by atoms with Crippen molar-refractivity contribution >= 4 is 5.82 Å². The van der Waals surface area contributed by atoms with Gasteiger partial charge in [0.15, 0.2) is 0 Å². The number of nitrogens with two attached hydrogens (primary N) is 1. The van der Waals surface area contributed by atoms with Gasteiger partial charge in [0, 0.05) is 24.2 Å². The molecule has 0 fully saturated rings. The van der Waals surface area contributed by atoms with Gasteiger partial charge in [-0.05, 0) is 25.1 Å². The maximum atomic E-state index is 5.99.